The molecule has 0 saturated heterocycles. The minimum atomic E-state index is -1.29. The number of hydrogen-bond acceptors (Lipinski definition) is 4. The summed E-state index contributed by atoms with van der Waals surface area (Å²) in [6.07, 6.45) is 2.31. The van der Waals surface area contributed by atoms with Crippen LogP contribution in [0.4, 0.5) is 11.6 Å². The topological polar surface area (TPSA) is 105 Å². The second-order valence-electron chi connectivity index (χ2n) is 8.97. The van der Waals surface area contributed by atoms with Gasteiger partial charge >= 0.3 is 5.97 Å². The van der Waals surface area contributed by atoms with Crippen molar-refractivity contribution in [2.75, 3.05) is 4.90 Å². The number of rotatable bonds is 6. The van der Waals surface area contributed by atoms with Crippen molar-refractivity contribution < 1.29 is 19.5 Å². The van der Waals surface area contributed by atoms with E-state index in [1.54, 1.807) is 29.7 Å². The molecule has 2 N–H and O–H groups in total. The Morgan fingerprint density at radius 1 is 1.14 bits per heavy atom. The summed E-state index contributed by atoms with van der Waals surface area (Å²) < 4.78 is 2.46. The number of carbonyl (C=O) groups is 3. The third-order valence-corrected chi connectivity index (χ3v) is 7.38. The van der Waals surface area contributed by atoms with Crippen LogP contribution >= 0.6 is 39.1 Å². The molecule has 180 valence electrons. The average Bonchev–Trinajstić information content (AvgIpc) is 3.38. The zero-order valence-electron chi connectivity index (χ0n) is 18.4. The molecule has 35 heavy (non-hydrogen) atoms. The number of nitrogens with zero attached hydrogens (tertiary/aromatic N) is 3. The molecule has 0 spiro atoms. The fourth-order valence-corrected chi connectivity index (χ4v) is 5.21. The van der Waals surface area contributed by atoms with Crippen LogP contribution in [-0.4, -0.2) is 38.0 Å². The van der Waals surface area contributed by atoms with Crippen LogP contribution in [0.3, 0.4) is 0 Å². The van der Waals surface area contributed by atoms with Crippen LogP contribution in [0, 0.1) is 0 Å². The summed E-state index contributed by atoms with van der Waals surface area (Å²) in [5.41, 5.74) is -1.15. The van der Waals surface area contributed by atoms with Crippen molar-refractivity contribution >= 4 is 68.6 Å². The van der Waals surface area contributed by atoms with Crippen molar-refractivity contribution in [2.24, 2.45) is 0 Å². The molecule has 11 heteroatoms. The van der Waals surface area contributed by atoms with Gasteiger partial charge in [-0.3, -0.25) is 14.2 Å². The Morgan fingerprint density at radius 2 is 1.77 bits per heavy atom. The molecule has 2 aliphatic rings. The van der Waals surface area contributed by atoms with Crippen LogP contribution < -0.4 is 10.2 Å². The minimum absolute atomic E-state index is 0.0936. The fraction of sp³-hybridized carbons (Fsp3) is 0.250. The monoisotopic (exact) mass is 576 g/mol. The molecule has 2 aromatic carbocycles. The number of hydrogen-bond donors (Lipinski definition) is 2. The molecule has 1 atom stereocenters. The van der Waals surface area contributed by atoms with Gasteiger partial charge in [0.2, 0.25) is 5.95 Å². The number of nitrogens with one attached hydrogen (secondary N) is 1. The lowest BCUT2D eigenvalue weighted by Gasteiger charge is -2.27. The van der Waals surface area contributed by atoms with Crippen LogP contribution in [0.2, 0.25) is 10.0 Å². The first kappa shape index (κ1) is 23.8. The van der Waals surface area contributed by atoms with Crippen molar-refractivity contribution in [3.05, 3.63) is 74.4 Å². The number of benzene rings is 2. The van der Waals surface area contributed by atoms with Gasteiger partial charge in [-0.2, -0.15) is 0 Å². The molecule has 1 aliphatic carbocycles. The summed E-state index contributed by atoms with van der Waals surface area (Å²) in [4.78, 5) is 44.6. The first-order valence-electron chi connectivity index (χ1n) is 10.7. The molecule has 1 aliphatic heterocycles. The number of carboxylic acid groups (broad SMARTS) is 1. The highest BCUT2D eigenvalue weighted by molar-refractivity contribution is 9.10. The highest BCUT2D eigenvalue weighted by Gasteiger charge is 2.54. The van der Waals surface area contributed by atoms with Crippen LogP contribution in [0.25, 0.3) is 0 Å². The first-order valence-corrected chi connectivity index (χ1v) is 12.3. The van der Waals surface area contributed by atoms with E-state index >= 15 is 0 Å². The van der Waals surface area contributed by atoms with E-state index in [9.17, 15) is 19.5 Å². The van der Waals surface area contributed by atoms with Gasteiger partial charge in [-0.05, 0) is 55.7 Å². The fourth-order valence-electron chi connectivity index (χ4n) is 4.43. The Bertz CT molecular complexity index is 1370. The molecule has 5 rings (SSSR count). The van der Waals surface area contributed by atoms with Gasteiger partial charge in [0.05, 0.1) is 11.9 Å². The highest BCUT2D eigenvalue weighted by atomic mass is 79.9. The Balaban J connectivity index is 1.62. The Labute approximate surface area is 219 Å². The van der Waals surface area contributed by atoms with E-state index in [0.29, 0.717) is 28.6 Å². The minimum Gasteiger partial charge on any atom is -0.480 e. The summed E-state index contributed by atoms with van der Waals surface area (Å²) in [6.45, 7) is 1.73. The number of anilines is 2. The molecule has 1 aromatic heterocycles. The van der Waals surface area contributed by atoms with Crippen molar-refractivity contribution in [1.29, 1.82) is 0 Å². The molecule has 1 saturated carbocycles. The predicted molar refractivity (Wildman–Crippen MR) is 134 cm³/mol. The summed E-state index contributed by atoms with van der Waals surface area (Å²) in [5.74, 6) is -1.80. The summed E-state index contributed by atoms with van der Waals surface area (Å²) >= 11 is 15.8. The van der Waals surface area contributed by atoms with E-state index in [2.05, 4.69) is 26.2 Å². The molecule has 1 unspecified atom stereocenters. The molecule has 1 fully saturated rings. The number of carbonyl (C=O) groups excluding carboxylic acids is 2. The van der Waals surface area contributed by atoms with E-state index < -0.39 is 23.0 Å². The molecule has 2 heterocycles. The summed E-state index contributed by atoms with van der Waals surface area (Å²) in [5, 5.41) is 12.8. The lowest BCUT2D eigenvalue weighted by Crippen LogP contribution is -2.46. The van der Waals surface area contributed by atoms with Crippen LogP contribution in [-0.2, 0) is 21.5 Å². The molecule has 0 radical (unpaired) electrons. The van der Waals surface area contributed by atoms with E-state index in [1.165, 1.54) is 11.1 Å². The molecule has 8 nitrogen and oxygen atoms in total. The van der Waals surface area contributed by atoms with Crippen LogP contribution in [0.5, 0.6) is 0 Å². The number of aromatic nitrogens is 2. The summed E-state index contributed by atoms with van der Waals surface area (Å²) in [6, 6.07) is 12.3. The van der Waals surface area contributed by atoms with Crippen molar-refractivity contribution in [1.82, 2.24) is 14.9 Å². The molecule has 0 bridgehead atoms. The maximum atomic E-state index is 14.0. The second kappa shape index (κ2) is 8.36. The van der Waals surface area contributed by atoms with Gasteiger partial charge in [0.25, 0.3) is 11.8 Å². The zero-order chi connectivity index (χ0) is 25.1. The highest BCUT2D eigenvalue weighted by Crippen LogP contribution is 2.44. The Kier molecular flexibility index (Phi) is 5.69. The molecule has 2 amide bonds. The van der Waals surface area contributed by atoms with E-state index in [0.717, 1.165) is 10.0 Å². The van der Waals surface area contributed by atoms with Crippen molar-refractivity contribution in [2.45, 2.75) is 37.3 Å². The van der Waals surface area contributed by atoms with E-state index in [1.807, 2.05) is 24.3 Å². The number of amides is 2. The number of aliphatic carboxylic acids is 1. The quantitative estimate of drug-likeness (QED) is 0.432. The lowest BCUT2D eigenvalue weighted by atomic mass is 9.91. The maximum absolute atomic E-state index is 14.0. The number of halogens is 3. The smallest absolute Gasteiger partial charge is 0.329 e. The van der Waals surface area contributed by atoms with Crippen LogP contribution in [0.1, 0.15) is 35.8 Å². The van der Waals surface area contributed by atoms with E-state index in [-0.39, 0.29) is 24.0 Å². The van der Waals surface area contributed by atoms with Gasteiger partial charge in [0.15, 0.2) is 0 Å². The summed E-state index contributed by atoms with van der Waals surface area (Å²) in [7, 11) is 0. The lowest BCUT2D eigenvalue weighted by molar-refractivity contribution is -0.140. The van der Waals surface area contributed by atoms with Gasteiger partial charge < -0.3 is 10.4 Å². The normalized spacial score (nSPS) is 20.0. The van der Waals surface area contributed by atoms with Crippen molar-refractivity contribution in [3.63, 3.8) is 0 Å². The Hall–Kier alpha value is -2.88. The third-order valence-electron chi connectivity index (χ3n) is 6.41. The Morgan fingerprint density at radius 3 is 2.34 bits per heavy atom. The van der Waals surface area contributed by atoms with Gasteiger partial charge in [-0.1, -0.05) is 51.3 Å². The van der Waals surface area contributed by atoms with Crippen LogP contribution in [0.15, 0.2) is 53.1 Å². The van der Waals surface area contributed by atoms with Gasteiger partial charge in [-0.25, -0.2) is 14.7 Å². The maximum Gasteiger partial charge on any atom is 0.329 e. The molecular formula is C24H19BrCl2N4O4. The average molecular weight is 578 g/mol. The number of fused-ring (bicyclic) bond motifs is 1. The third kappa shape index (κ3) is 4.01. The largest absolute Gasteiger partial charge is 0.480 e. The number of carboxylic acids is 1. The SMILES string of the molecule is CC1(Cc2ccc(Br)cc2)C(=O)N(c2cc(Cl)cc(Cl)c2)c2ncc(C(=O)NC3(C(=O)O)CC3)n21. The number of imidazole rings is 1. The van der Waals surface area contributed by atoms with E-state index in [4.69, 9.17) is 23.2 Å². The zero-order valence-corrected chi connectivity index (χ0v) is 21.5. The van der Waals surface area contributed by atoms with Crippen molar-refractivity contribution in [3.8, 4) is 0 Å². The van der Waals surface area contributed by atoms with Gasteiger partial charge in [0.1, 0.15) is 16.8 Å². The van der Waals surface area contributed by atoms with Gasteiger partial charge in [0, 0.05) is 20.9 Å². The molecule has 3 aromatic rings. The predicted octanol–water partition coefficient (Wildman–Crippen LogP) is 4.94. The van der Waals surface area contributed by atoms with Gasteiger partial charge in [-0.15, -0.1) is 0 Å². The second-order valence-corrected chi connectivity index (χ2v) is 10.8. The molecular weight excluding hydrogens is 559 g/mol. The standard InChI is InChI=1S/C24H19BrCl2N4O4/c1-23(11-13-2-4-14(25)5-3-13)20(33)30(17-9-15(26)8-16(27)10-17)22-28-12-18(31(22)23)19(32)29-24(6-7-24)21(34)35/h2-5,8-10,12H,6-7,11H2,1H3,(H,29,32)(H,34,35). The first-order chi connectivity index (χ1) is 16.5.